The quantitative estimate of drug-likeness (QED) is 0.153. The predicted octanol–water partition coefficient (Wildman–Crippen LogP) is 5.80. The van der Waals surface area contributed by atoms with Crippen LogP contribution in [0.3, 0.4) is 0 Å². The van der Waals surface area contributed by atoms with Crippen LogP contribution in [0.25, 0.3) is 16.8 Å². The van der Waals surface area contributed by atoms with E-state index in [9.17, 15) is 21.8 Å². The Morgan fingerprint density at radius 1 is 1.18 bits per heavy atom. The molecule has 0 amide bonds. The fourth-order valence-corrected chi connectivity index (χ4v) is 4.16. The average molecular weight is 546 g/mol. The van der Waals surface area contributed by atoms with Gasteiger partial charge in [-0.05, 0) is 53.5 Å². The van der Waals surface area contributed by atoms with Gasteiger partial charge in [-0.15, -0.1) is 0 Å². The van der Waals surface area contributed by atoms with Crippen molar-refractivity contribution in [2.45, 2.75) is 18.0 Å². The molecule has 0 aliphatic carbocycles. The van der Waals surface area contributed by atoms with Crippen LogP contribution in [0.1, 0.15) is 12.6 Å². The fraction of sp³-hybridized carbons (Fsp3) is 0.148. The van der Waals surface area contributed by atoms with Crippen molar-refractivity contribution in [3.63, 3.8) is 0 Å². The standard InChI is InChI=1S/C27H27F4N5OS/c1-4-19(9-8-18(2)14-28)25(15-32)36(33)24-13-21(20-6-5-7-22(12-20)38(3)37)10-11-23(24)35-16-26(34-17-35)27(29,30)31/h4-13,15-17H,2,14,32-33H2,1,3H3/b9-8-,19-4+,25-15-. The highest BCUT2D eigenvalue weighted by atomic mass is 32.2. The van der Waals surface area contributed by atoms with E-state index in [1.165, 1.54) is 21.9 Å². The minimum atomic E-state index is -4.63. The Morgan fingerprint density at radius 3 is 2.47 bits per heavy atom. The highest BCUT2D eigenvalue weighted by Crippen LogP contribution is 2.35. The lowest BCUT2D eigenvalue weighted by Crippen LogP contribution is -2.32. The molecule has 4 N–H and O–H groups in total. The van der Waals surface area contributed by atoms with Gasteiger partial charge >= 0.3 is 6.18 Å². The topological polar surface area (TPSA) is 90.2 Å². The number of hydrazine groups is 1. The number of imidazole rings is 1. The Balaban J connectivity index is 2.19. The van der Waals surface area contributed by atoms with Gasteiger partial charge in [0.2, 0.25) is 0 Å². The van der Waals surface area contributed by atoms with Crippen molar-refractivity contribution < 1.29 is 21.8 Å². The Kier molecular flexibility index (Phi) is 9.08. The minimum absolute atomic E-state index is 0.235. The molecular formula is C27H27F4N5OS. The number of nitrogens with two attached hydrogens (primary N) is 2. The third kappa shape index (κ3) is 6.48. The van der Waals surface area contributed by atoms with Crippen LogP contribution in [0.4, 0.5) is 23.2 Å². The number of rotatable bonds is 9. The molecule has 11 heteroatoms. The maximum atomic E-state index is 13.3. The molecule has 0 bridgehead atoms. The number of allylic oxidation sites excluding steroid dienone is 4. The van der Waals surface area contributed by atoms with Crippen LogP contribution in [-0.2, 0) is 17.0 Å². The molecule has 1 atom stereocenters. The van der Waals surface area contributed by atoms with E-state index in [0.29, 0.717) is 33.1 Å². The van der Waals surface area contributed by atoms with E-state index in [2.05, 4.69) is 11.6 Å². The second kappa shape index (κ2) is 12.1. The SMILES string of the molecule is C=C(\C=C/C(=C\C)C(=C/N)/N(N)c1cc(-c2cccc(S(C)=O)c2)ccc1-n1cnc(C(F)(F)F)c1)CF. The molecule has 0 aliphatic heterocycles. The normalized spacial score (nSPS) is 13.7. The summed E-state index contributed by atoms with van der Waals surface area (Å²) in [4.78, 5) is 4.10. The van der Waals surface area contributed by atoms with E-state index in [-0.39, 0.29) is 5.57 Å². The lowest BCUT2D eigenvalue weighted by Gasteiger charge is -2.26. The number of hydrogen-bond donors (Lipinski definition) is 2. The molecule has 3 rings (SSSR count). The van der Waals surface area contributed by atoms with Gasteiger partial charge in [0.25, 0.3) is 0 Å². The zero-order chi connectivity index (χ0) is 28.0. The second-order valence-corrected chi connectivity index (χ2v) is 9.52. The van der Waals surface area contributed by atoms with Crippen LogP contribution in [-0.4, -0.2) is 26.7 Å². The maximum Gasteiger partial charge on any atom is 0.434 e. The molecule has 0 spiro atoms. The maximum absolute atomic E-state index is 13.3. The molecule has 200 valence electrons. The monoisotopic (exact) mass is 545 g/mol. The summed E-state index contributed by atoms with van der Waals surface area (Å²) >= 11 is 0. The van der Waals surface area contributed by atoms with Crippen molar-refractivity contribution in [2.75, 3.05) is 17.9 Å². The van der Waals surface area contributed by atoms with E-state index in [1.807, 2.05) is 6.07 Å². The number of benzene rings is 2. The summed E-state index contributed by atoms with van der Waals surface area (Å²) in [6.07, 6.45) is 4.84. The van der Waals surface area contributed by atoms with E-state index < -0.39 is 29.3 Å². The fourth-order valence-electron chi connectivity index (χ4n) is 3.60. The highest BCUT2D eigenvalue weighted by Gasteiger charge is 2.34. The first-order chi connectivity index (χ1) is 18.0. The van der Waals surface area contributed by atoms with E-state index in [4.69, 9.17) is 11.6 Å². The van der Waals surface area contributed by atoms with E-state index in [1.54, 1.807) is 61.7 Å². The molecular weight excluding hydrogens is 518 g/mol. The number of nitrogens with zero attached hydrogens (tertiary/aromatic N) is 3. The van der Waals surface area contributed by atoms with Crippen LogP contribution < -0.4 is 16.6 Å². The van der Waals surface area contributed by atoms with Crippen molar-refractivity contribution in [2.24, 2.45) is 11.6 Å². The largest absolute Gasteiger partial charge is 0.434 e. The zero-order valence-corrected chi connectivity index (χ0v) is 21.6. The molecule has 3 aromatic rings. The van der Waals surface area contributed by atoms with Crippen LogP contribution in [0.2, 0.25) is 0 Å². The molecule has 0 saturated heterocycles. The number of halogens is 4. The molecule has 1 aromatic heterocycles. The van der Waals surface area contributed by atoms with Crippen LogP contribution in [0.5, 0.6) is 0 Å². The van der Waals surface area contributed by atoms with Crippen LogP contribution in [0, 0.1) is 0 Å². The van der Waals surface area contributed by atoms with Crippen molar-refractivity contribution in [1.82, 2.24) is 9.55 Å². The molecule has 0 saturated carbocycles. The van der Waals surface area contributed by atoms with Gasteiger partial charge in [0.1, 0.15) is 6.67 Å². The summed E-state index contributed by atoms with van der Waals surface area (Å²) < 4.78 is 65.9. The molecule has 0 fully saturated rings. The van der Waals surface area contributed by atoms with E-state index >= 15 is 0 Å². The Morgan fingerprint density at radius 2 is 1.89 bits per heavy atom. The molecule has 0 radical (unpaired) electrons. The molecule has 1 heterocycles. The average Bonchev–Trinajstić information content (AvgIpc) is 3.41. The number of aromatic nitrogens is 2. The summed E-state index contributed by atoms with van der Waals surface area (Å²) in [7, 11) is -1.22. The first kappa shape index (κ1) is 28.6. The lowest BCUT2D eigenvalue weighted by molar-refractivity contribution is -0.140. The molecule has 0 aliphatic rings. The summed E-state index contributed by atoms with van der Waals surface area (Å²) in [5, 5.41) is 1.23. The second-order valence-electron chi connectivity index (χ2n) is 8.14. The van der Waals surface area contributed by atoms with Crippen molar-refractivity contribution in [1.29, 1.82) is 0 Å². The third-order valence-corrected chi connectivity index (χ3v) is 6.50. The summed E-state index contributed by atoms with van der Waals surface area (Å²) in [5.74, 6) is 6.53. The van der Waals surface area contributed by atoms with Gasteiger partial charge in [0.15, 0.2) is 5.69 Å². The minimum Gasteiger partial charge on any atom is -0.403 e. The summed E-state index contributed by atoms with van der Waals surface area (Å²) in [5.41, 5.74) is 7.90. The molecule has 38 heavy (non-hydrogen) atoms. The van der Waals surface area contributed by atoms with Gasteiger partial charge in [0, 0.05) is 34.3 Å². The van der Waals surface area contributed by atoms with Gasteiger partial charge in [0.05, 0.1) is 23.4 Å². The van der Waals surface area contributed by atoms with Gasteiger partial charge in [-0.3, -0.25) is 9.22 Å². The number of alkyl halides is 4. The lowest BCUT2D eigenvalue weighted by atomic mass is 10.0. The Bertz CT molecular complexity index is 1440. The van der Waals surface area contributed by atoms with Crippen molar-refractivity contribution in [3.8, 4) is 16.8 Å². The predicted molar refractivity (Wildman–Crippen MR) is 143 cm³/mol. The van der Waals surface area contributed by atoms with Gasteiger partial charge in [-0.25, -0.2) is 15.2 Å². The Labute approximate surface area is 220 Å². The van der Waals surface area contributed by atoms with Crippen molar-refractivity contribution in [3.05, 3.63) is 109 Å². The van der Waals surface area contributed by atoms with Gasteiger partial charge < -0.3 is 10.3 Å². The van der Waals surface area contributed by atoms with Crippen LogP contribution >= 0.6 is 0 Å². The first-order valence-corrected chi connectivity index (χ1v) is 12.8. The smallest absolute Gasteiger partial charge is 0.403 e. The van der Waals surface area contributed by atoms with Crippen molar-refractivity contribution >= 4 is 16.5 Å². The van der Waals surface area contributed by atoms with Gasteiger partial charge in [-0.2, -0.15) is 13.2 Å². The highest BCUT2D eigenvalue weighted by molar-refractivity contribution is 7.84. The summed E-state index contributed by atoms with van der Waals surface area (Å²) in [6.45, 7) is 4.59. The third-order valence-electron chi connectivity index (χ3n) is 5.58. The number of hydrogen-bond acceptors (Lipinski definition) is 5. The number of anilines is 1. The zero-order valence-electron chi connectivity index (χ0n) is 20.7. The summed E-state index contributed by atoms with van der Waals surface area (Å²) in [6, 6.07) is 12.1. The molecule has 2 aromatic carbocycles. The van der Waals surface area contributed by atoms with Gasteiger partial charge in [-0.1, -0.05) is 43.0 Å². The van der Waals surface area contributed by atoms with Crippen LogP contribution in [0.15, 0.2) is 108 Å². The Hall–Kier alpha value is -3.96. The van der Waals surface area contributed by atoms with E-state index in [0.717, 1.165) is 18.1 Å². The molecule has 1 unspecified atom stereocenters. The first-order valence-electron chi connectivity index (χ1n) is 11.2. The molecule has 6 nitrogen and oxygen atoms in total.